The molecule has 3 aromatic rings. The van der Waals surface area contributed by atoms with E-state index in [9.17, 15) is 0 Å². The van der Waals surface area contributed by atoms with E-state index in [0.29, 0.717) is 6.17 Å². The zero-order valence-electron chi connectivity index (χ0n) is 16.2. The Morgan fingerprint density at radius 2 is 1.73 bits per heavy atom. The molecule has 132 valence electrons. The number of anilines is 1. The van der Waals surface area contributed by atoms with E-state index in [2.05, 4.69) is 110 Å². The molecule has 1 aliphatic rings. The van der Waals surface area contributed by atoms with Gasteiger partial charge in [-0.3, -0.25) is 0 Å². The molecule has 1 atom stereocenters. The minimum absolute atomic E-state index is 0.300. The Bertz CT molecular complexity index is 1020. The summed E-state index contributed by atoms with van der Waals surface area (Å²) in [6, 6.07) is 17.6. The summed E-state index contributed by atoms with van der Waals surface area (Å²) in [4.78, 5) is 4.56. The average molecular weight is 344 g/mol. The normalized spacial score (nSPS) is 16.7. The third-order valence-electron chi connectivity index (χ3n) is 5.76. The molecule has 0 aliphatic carbocycles. The Hall–Kier alpha value is -2.81. The summed E-state index contributed by atoms with van der Waals surface area (Å²) >= 11 is 0. The molecule has 0 spiro atoms. The van der Waals surface area contributed by atoms with Crippen molar-refractivity contribution in [3.8, 4) is 11.3 Å². The van der Waals surface area contributed by atoms with Crippen molar-refractivity contribution in [2.24, 2.45) is 7.05 Å². The molecule has 3 heteroatoms. The molecule has 3 nitrogen and oxygen atoms in total. The number of hydrogen-bond donors (Lipinski definition) is 0. The predicted octanol–water partition coefficient (Wildman–Crippen LogP) is 4.52. The van der Waals surface area contributed by atoms with E-state index < -0.39 is 0 Å². The lowest BCUT2D eigenvalue weighted by molar-refractivity contribution is -0.646. The monoisotopic (exact) mass is 344 g/mol. The molecular formula is C23H26N3+. The molecule has 2 aromatic carbocycles. The van der Waals surface area contributed by atoms with Gasteiger partial charge < -0.3 is 4.90 Å². The molecule has 0 fully saturated rings. The lowest BCUT2D eigenvalue weighted by atomic mass is 9.96. The van der Waals surface area contributed by atoms with Crippen molar-refractivity contribution in [2.75, 3.05) is 11.9 Å². The highest BCUT2D eigenvalue weighted by atomic mass is 15.4. The van der Waals surface area contributed by atoms with Crippen molar-refractivity contribution in [3.05, 3.63) is 72.1 Å². The third-order valence-corrected chi connectivity index (χ3v) is 5.76. The second kappa shape index (κ2) is 6.17. The number of benzene rings is 2. The van der Waals surface area contributed by atoms with Gasteiger partial charge in [0, 0.05) is 30.3 Å². The van der Waals surface area contributed by atoms with E-state index >= 15 is 0 Å². The van der Waals surface area contributed by atoms with Crippen molar-refractivity contribution in [1.82, 2.24) is 4.90 Å². The largest absolute Gasteiger partial charge is 0.339 e. The van der Waals surface area contributed by atoms with Gasteiger partial charge in [0.05, 0.1) is 7.05 Å². The molecule has 1 aromatic heterocycles. The minimum atomic E-state index is 0.300. The smallest absolute Gasteiger partial charge is 0.283 e. The van der Waals surface area contributed by atoms with Crippen molar-refractivity contribution in [3.63, 3.8) is 0 Å². The number of hydrogen-bond acceptors (Lipinski definition) is 2. The van der Waals surface area contributed by atoms with Crippen LogP contribution in [0, 0.1) is 13.8 Å². The Labute approximate surface area is 155 Å². The summed E-state index contributed by atoms with van der Waals surface area (Å²) in [6.07, 6.45) is 4.60. The van der Waals surface area contributed by atoms with Gasteiger partial charge in [-0.1, -0.05) is 42.5 Å². The van der Waals surface area contributed by atoms with Gasteiger partial charge in [-0.25, -0.2) is 9.47 Å². The van der Waals surface area contributed by atoms with Crippen molar-refractivity contribution < 1.29 is 4.57 Å². The van der Waals surface area contributed by atoms with E-state index in [1.807, 2.05) is 0 Å². The standard InChI is InChI=1S/C23H26N3/c1-16-9-8-12-20(17(16)2)23-21-11-7-6-10-19(21)15-22(25(23)5)26-14-13-24(4)18(26)3/h6-15,18H,1-5H3/q+1/t18-/m1/s1. The van der Waals surface area contributed by atoms with Gasteiger partial charge in [0.15, 0.2) is 6.17 Å². The van der Waals surface area contributed by atoms with Gasteiger partial charge in [0.1, 0.15) is 11.9 Å². The van der Waals surface area contributed by atoms with Gasteiger partial charge in [-0.05, 0) is 37.3 Å². The zero-order valence-corrected chi connectivity index (χ0v) is 16.2. The number of nitrogens with zero attached hydrogens (tertiary/aromatic N) is 3. The molecule has 2 heterocycles. The molecule has 0 bridgehead atoms. The maximum atomic E-state index is 2.34. The molecule has 0 radical (unpaired) electrons. The number of fused-ring (bicyclic) bond motifs is 1. The topological polar surface area (TPSA) is 10.4 Å². The van der Waals surface area contributed by atoms with E-state index in [4.69, 9.17) is 0 Å². The Balaban J connectivity index is 2.04. The predicted molar refractivity (Wildman–Crippen MR) is 109 cm³/mol. The molecule has 0 saturated carbocycles. The minimum Gasteiger partial charge on any atom is -0.339 e. The van der Waals surface area contributed by atoms with Crippen molar-refractivity contribution in [2.45, 2.75) is 26.9 Å². The van der Waals surface area contributed by atoms with Gasteiger partial charge in [-0.2, -0.15) is 0 Å². The SMILES string of the molecule is Cc1cccc(-c2c3ccccc3cc(N3C=CN(C)[C@H]3C)[n+]2C)c1C. The fourth-order valence-corrected chi connectivity index (χ4v) is 3.84. The Morgan fingerprint density at radius 3 is 2.46 bits per heavy atom. The summed E-state index contributed by atoms with van der Waals surface area (Å²) < 4.78 is 2.34. The lowest BCUT2D eigenvalue weighted by Gasteiger charge is -2.23. The van der Waals surface area contributed by atoms with Crippen LogP contribution in [0.1, 0.15) is 18.1 Å². The molecular weight excluding hydrogens is 318 g/mol. The summed E-state index contributed by atoms with van der Waals surface area (Å²) in [5, 5.41) is 2.56. The van der Waals surface area contributed by atoms with E-state index in [1.54, 1.807) is 0 Å². The van der Waals surface area contributed by atoms with Crippen LogP contribution in [0.4, 0.5) is 5.82 Å². The maximum Gasteiger partial charge on any atom is 0.283 e. The second-order valence-corrected chi connectivity index (χ2v) is 7.25. The second-order valence-electron chi connectivity index (χ2n) is 7.25. The van der Waals surface area contributed by atoms with Gasteiger partial charge in [0.2, 0.25) is 0 Å². The molecule has 26 heavy (non-hydrogen) atoms. The number of aryl methyl sites for hydroxylation is 1. The van der Waals surface area contributed by atoms with E-state index in [-0.39, 0.29) is 0 Å². The first kappa shape index (κ1) is 16.6. The number of rotatable bonds is 2. The maximum absolute atomic E-state index is 2.34. The third kappa shape index (κ3) is 2.47. The van der Waals surface area contributed by atoms with Gasteiger partial charge in [-0.15, -0.1) is 0 Å². The quantitative estimate of drug-likeness (QED) is 0.633. The highest BCUT2D eigenvalue weighted by Gasteiger charge is 2.31. The lowest BCUT2D eigenvalue weighted by Crippen LogP contribution is -2.43. The van der Waals surface area contributed by atoms with Gasteiger partial charge >= 0.3 is 0 Å². The summed E-state index contributed by atoms with van der Waals surface area (Å²) in [5.74, 6) is 1.20. The van der Waals surface area contributed by atoms with Crippen LogP contribution in [0.15, 0.2) is 60.9 Å². The van der Waals surface area contributed by atoms with Crippen LogP contribution in [-0.2, 0) is 7.05 Å². The highest BCUT2D eigenvalue weighted by Crippen LogP contribution is 2.33. The zero-order chi connectivity index (χ0) is 18.4. The molecule has 0 N–H and O–H groups in total. The van der Waals surface area contributed by atoms with Crippen LogP contribution < -0.4 is 9.47 Å². The molecule has 0 unspecified atom stereocenters. The van der Waals surface area contributed by atoms with Gasteiger partial charge in [0.25, 0.3) is 5.82 Å². The van der Waals surface area contributed by atoms with E-state index in [0.717, 1.165) is 0 Å². The molecule has 4 rings (SSSR count). The van der Waals surface area contributed by atoms with E-state index in [1.165, 1.54) is 39.0 Å². The first-order valence-electron chi connectivity index (χ1n) is 9.16. The van der Waals surface area contributed by atoms with Crippen LogP contribution in [0.3, 0.4) is 0 Å². The van der Waals surface area contributed by atoms with Crippen LogP contribution >= 0.6 is 0 Å². The van der Waals surface area contributed by atoms with Crippen LogP contribution in [0.25, 0.3) is 22.0 Å². The van der Waals surface area contributed by atoms with Crippen molar-refractivity contribution in [1.29, 1.82) is 0 Å². The van der Waals surface area contributed by atoms with Crippen LogP contribution in [-0.4, -0.2) is 18.1 Å². The number of aromatic nitrogens is 1. The van der Waals surface area contributed by atoms with Crippen LogP contribution in [0.2, 0.25) is 0 Å². The molecule has 1 aliphatic heterocycles. The number of pyridine rings is 1. The molecule has 0 saturated heterocycles. The Morgan fingerprint density at radius 1 is 0.962 bits per heavy atom. The van der Waals surface area contributed by atoms with Crippen LogP contribution in [0.5, 0.6) is 0 Å². The summed E-state index contributed by atoms with van der Waals surface area (Å²) in [6.45, 7) is 6.64. The fraction of sp³-hybridized carbons (Fsp3) is 0.261. The van der Waals surface area contributed by atoms with Crippen molar-refractivity contribution >= 4 is 16.6 Å². The summed E-state index contributed by atoms with van der Waals surface area (Å²) in [7, 11) is 4.30. The Kier molecular flexibility index (Phi) is 3.95. The highest BCUT2D eigenvalue weighted by molar-refractivity contribution is 5.95. The average Bonchev–Trinajstić information content (AvgIpc) is 2.96. The first-order valence-corrected chi connectivity index (χ1v) is 9.16. The first-order chi connectivity index (χ1) is 12.5. The fourth-order valence-electron chi connectivity index (χ4n) is 3.84. The molecule has 0 amide bonds. The summed E-state index contributed by atoms with van der Waals surface area (Å²) in [5.41, 5.74) is 5.24.